The molecule has 2 heterocycles. The van der Waals surface area contributed by atoms with Gasteiger partial charge in [0.2, 0.25) is 0 Å². The summed E-state index contributed by atoms with van der Waals surface area (Å²) in [5, 5.41) is 16.3. The molecule has 0 bridgehead atoms. The Labute approximate surface area is 153 Å². The Balaban J connectivity index is 1.99. The summed E-state index contributed by atoms with van der Waals surface area (Å²) in [4.78, 5) is 2.42. The molecule has 134 valence electrons. The predicted molar refractivity (Wildman–Crippen MR) is 104 cm³/mol. The lowest BCUT2D eigenvalue weighted by Crippen LogP contribution is -2.31. The smallest absolute Gasteiger partial charge is 0.134 e. The van der Waals surface area contributed by atoms with Gasteiger partial charge in [-0.3, -0.25) is 4.90 Å². The summed E-state index contributed by atoms with van der Waals surface area (Å²) < 4.78 is 5.60. The molecule has 2 aromatic rings. The summed E-state index contributed by atoms with van der Waals surface area (Å²) >= 11 is 0. The molecule has 26 heavy (non-hydrogen) atoms. The molecule has 0 aliphatic carbocycles. The van der Waals surface area contributed by atoms with E-state index in [4.69, 9.17) is 4.74 Å². The summed E-state index contributed by atoms with van der Waals surface area (Å²) in [7, 11) is 1.70. The van der Waals surface area contributed by atoms with Crippen LogP contribution in [0.25, 0.3) is 11.1 Å². The predicted octanol–water partition coefficient (Wildman–Crippen LogP) is 3.86. The average Bonchev–Trinajstić information content (AvgIpc) is 3.02. The van der Waals surface area contributed by atoms with Crippen molar-refractivity contribution in [1.29, 1.82) is 0 Å². The number of hydrogen-bond acceptors (Lipinski definition) is 5. The van der Waals surface area contributed by atoms with Crippen molar-refractivity contribution in [1.82, 2.24) is 4.90 Å². The fraction of sp³-hybridized carbons (Fsp3) is 0.286. The van der Waals surface area contributed by atoms with Crippen LogP contribution in [0, 0.1) is 0 Å². The van der Waals surface area contributed by atoms with Gasteiger partial charge in [-0.25, -0.2) is 0 Å². The molecule has 2 aromatic carbocycles. The van der Waals surface area contributed by atoms with Gasteiger partial charge in [-0.1, -0.05) is 36.9 Å². The second kappa shape index (κ2) is 6.50. The van der Waals surface area contributed by atoms with E-state index in [-0.39, 0.29) is 0 Å². The van der Waals surface area contributed by atoms with Gasteiger partial charge in [-0.05, 0) is 41.8 Å². The molecule has 2 aliphatic heterocycles. The molecule has 5 heteroatoms. The molecule has 2 aliphatic rings. The molecule has 5 nitrogen and oxygen atoms in total. The number of rotatable bonds is 3. The third-order valence-electron chi connectivity index (χ3n) is 5.37. The molecule has 0 aromatic heterocycles. The van der Waals surface area contributed by atoms with Crippen LogP contribution in [0.15, 0.2) is 47.8 Å². The minimum atomic E-state index is 0.507. The molecule has 2 N–H and O–H groups in total. The zero-order chi connectivity index (χ0) is 18.3. The fourth-order valence-corrected chi connectivity index (χ4v) is 4.01. The van der Waals surface area contributed by atoms with Gasteiger partial charge in [0, 0.05) is 24.2 Å². The van der Waals surface area contributed by atoms with Gasteiger partial charge >= 0.3 is 0 Å². The maximum absolute atomic E-state index is 9.50. The van der Waals surface area contributed by atoms with Crippen molar-refractivity contribution in [3.63, 3.8) is 0 Å². The lowest BCUT2D eigenvalue weighted by atomic mass is 9.86. The Bertz CT molecular complexity index is 918. The summed E-state index contributed by atoms with van der Waals surface area (Å²) in [5.41, 5.74) is 7.86. The van der Waals surface area contributed by atoms with E-state index in [1.807, 2.05) is 18.2 Å². The van der Waals surface area contributed by atoms with Crippen molar-refractivity contribution in [3.8, 4) is 16.9 Å². The van der Waals surface area contributed by atoms with E-state index in [9.17, 15) is 5.21 Å². The van der Waals surface area contributed by atoms with Crippen LogP contribution in [0.4, 0.5) is 5.69 Å². The van der Waals surface area contributed by atoms with Crippen molar-refractivity contribution in [2.45, 2.75) is 19.9 Å². The molecule has 0 atom stereocenters. The lowest BCUT2D eigenvalue weighted by molar-refractivity contribution is 0.269. The number of nitrogens with zero attached hydrogens (tertiary/aromatic N) is 2. The molecular weight excluding hydrogens is 326 g/mol. The van der Waals surface area contributed by atoms with Gasteiger partial charge in [-0.2, -0.15) is 0 Å². The number of hydrogen-bond donors (Lipinski definition) is 2. The molecule has 0 saturated heterocycles. The third-order valence-corrected chi connectivity index (χ3v) is 5.37. The maximum atomic E-state index is 9.50. The number of para-hydroxylation sites is 1. The summed E-state index contributed by atoms with van der Waals surface area (Å²) in [6, 6.07) is 10.2. The standard InChI is InChI=1S/C21H23N3O2/c1-4-24-10-9-14-16(15-7-5-6-8-19(15)26-3)11-17-20(23-25)13(2)22-21(17)18(14)12-24/h5-8,11,22,25H,2,4,9-10,12H2,1,3H3/b23-20-. The van der Waals surface area contributed by atoms with E-state index in [1.54, 1.807) is 7.11 Å². The highest BCUT2D eigenvalue weighted by atomic mass is 16.5. The number of allylic oxidation sites excluding steroid dienone is 1. The first-order chi connectivity index (χ1) is 12.7. The van der Waals surface area contributed by atoms with Crippen molar-refractivity contribution in [2.75, 3.05) is 25.5 Å². The number of fused-ring (bicyclic) bond motifs is 3. The fourth-order valence-electron chi connectivity index (χ4n) is 4.01. The van der Waals surface area contributed by atoms with Crippen molar-refractivity contribution in [3.05, 3.63) is 59.3 Å². The number of methoxy groups -OCH3 is 1. The first kappa shape index (κ1) is 16.7. The molecule has 0 fully saturated rings. The maximum Gasteiger partial charge on any atom is 0.134 e. The van der Waals surface area contributed by atoms with E-state index in [2.05, 4.69) is 41.0 Å². The van der Waals surface area contributed by atoms with Gasteiger partial charge in [0.1, 0.15) is 11.5 Å². The zero-order valence-corrected chi connectivity index (χ0v) is 15.2. The van der Waals surface area contributed by atoms with Gasteiger partial charge in [0.25, 0.3) is 0 Å². The van der Waals surface area contributed by atoms with E-state index < -0.39 is 0 Å². The first-order valence-electron chi connectivity index (χ1n) is 8.91. The molecule has 0 radical (unpaired) electrons. The van der Waals surface area contributed by atoms with Crippen LogP contribution in [0.5, 0.6) is 5.75 Å². The molecule has 0 amide bonds. The molecule has 4 rings (SSSR count). The Morgan fingerprint density at radius 2 is 2.04 bits per heavy atom. The minimum Gasteiger partial charge on any atom is -0.496 e. The van der Waals surface area contributed by atoms with Gasteiger partial charge < -0.3 is 15.3 Å². The zero-order valence-electron chi connectivity index (χ0n) is 15.2. The van der Waals surface area contributed by atoms with Crippen molar-refractivity contribution >= 4 is 11.4 Å². The van der Waals surface area contributed by atoms with E-state index in [1.165, 1.54) is 11.1 Å². The molecule has 0 unspecified atom stereocenters. The highest BCUT2D eigenvalue weighted by Crippen LogP contribution is 2.43. The van der Waals surface area contributed by atoms with Crippen LogP contribution in [0.2, 0.25) is 0 Å². The quantitative estimate of drug-likeness (QED) is 0.653. The van der Waals surface area contributed by atoms with E-state index in [0.29, 0.717) is 11.4 Å². The minimum absolute atomic E-state index is 0.507. The normalized spacial score (nSPS) is 17.8. The largest absolute Gasteiger partial charge is 0.496 e. The Morgan fingerprint density at radius 1 is 1.23 bits per heavy atom. The number of ether oxygens (including phenoxy) is 1. The topological polar surface area (TPSA) is 57.1 Å². The van der Waals surface area contributed by atoms with E-state index >= 15 is 0 Å². The third kappa shape index (κ3) is 2.47. The second-order valence-electron chi connectivity index (χ2n) is 6.68. The van der Waals surface area contributed by atoms with Crippen LogP contribution >= 0.6 is 0 Å². The molecule has 0 saturated carbocycles. The first-order valence-corrected chi connectivity index (χ1v) is 8.91. The van der Waals surface area contributed by atoms with Gasteiger partial charge in [-0.15, -0.1) is 0 Å². The van der Waals surface area contributed by atoms with Crippen LogP contribution in [0.3, 0.4) is 0 Å². The molecular formula is C21H23N3O2. The number of benzene rings is 2. The number of anilines is 1. The van der Waals surface area contributed by atoms with Crippen LogP contribution in [-0.2, 0) is 13.0 Å². The second-order valence-corrected chi connectivity index (χ2v) is 6.68. The summed E-state index contributed by atoms with van der Waals surface area (Å²) in [6.07, 6.45) is 0.976. The Hall–Kier alpha value is -2.79. The average molecular weight is 349 g/mol. The molecule has 0 spiro atoms. The van der Waals surface area contributed by atoms with Crippen molar-refractivity contribution < 1.29 is 9.94 Å². The number of oxime groups is 1. The van der Waals surface area contributed by atoms with Crippen LogP contribution in [0.1, 0.15) is 23.6 Å². The number of likely N-dealkylation sites (N-methyl/N-ethyl adjacent to an activating group) is 1. The number of nitrogens with one attached hydrogen (secondary N) is 1. The van der Waals surface area contributed by atoms with Gasteiger partial charge in [0.15, 0.2) is 0 Å². The Morgan fingerprint density at radius 3 is 2.77 bits per heavy atom. The Kier molecular flexibility index (Phi) is 4.17. The van der Waals surface area contributed by atoms with Crippen LogP contribution < -0.4 is 10.1 Å². The summed E-state index contributed by atoms with van der Waals surface area (Å²) in [5.74, 6) is 0.847. The van der Waals surface area contributed by atoms with Crippen molar-refractivity contribution in [2.24, 2.45) is 5.16 Å². The summed E-state index contributed by atoms with van der Waals surface area (Å²) in [6.45, 7) is 9.10. The monoisotopic (exact) mass is 349 g/mol. The highest BCUT2D eigenvalue weighted by Gasteiger charge is 2.31. The highest BCUT2D eigenvalue weighted by molar-refractivity contribution is 6.22. The van der Waals surface area contributed by atoms with Crippen LogP contribution in [-0.4, -0.2) is 36.0 Å². The van der Waals surface area contributed by atoms with Gasteiger partial charge in [0.05, 0.1) is 18.5 Å². The SMILES string of the molecule is C=C1Nc2c(cc(-c3ccccc3OC)c3c2CN(CC)CC3)/C1=N\O. The van der Waals surface area contributed by atoms with E-state index in [0.717, 1.165) is 54.2 Å². The lowest BCUT2D eigenvalue weighted by Gasteiger charge is -2.31.